The van der Waals surface area contributed by atoms with Crippen LogP contribution in [-0.2, 0) is 16.6 Å². The Labute approximate surface area is 110 Å². The van der Waals surface area contributed by atoms with Crippen molar-refractivity contribution in [2.45, 2.75) is 30.9 Å². The van der Waals surface area contributed by atoms with Crippen LogP contribution in [0.4, 0.5) is 13.2 Å². The van der Waals surface area contributed by atoms with Crippen molar-refractivity contribution in [2.75, 3.05) is 19.8 Å². The molecule has 106 valence electrons. The smallest absolute Gasteiger partial charge is 0.395 e. The zero-order chi connectivity index (χ0) is 13.9. The van der Waals surface area contributed by atoms with Gasteiger partial charge in [-0.3, -0.25) is 0 Å². The molecule has 0 bridgehead atoms. The molecule has 0 heterocycles. The molecule has 0 fully saturated rings. The van der Waals surface area contributed by atoms with Crippen LogP contribution in [0.15, 0.2) is 24.3 Å². The highest BCUT2D eigenvalue weighted by atomic mass is 19.4. The average Bonchev–Trinajstić information content (AvgIpc) is 2.37. The summed E-state index contributed by atoms with van der Waals surface area (Å²) in [4.78, 5) is 0. The number of hydrogen-bond acceptors (Lipinski definition) is 2. The van der Waals surface area contributed by atoms with E-state index in [0.29, 0.717) is 6.42 Å². The molecule has 0 saturated carbocycles. The first-order valence-electron chi connectivity index (χ1n) is 6.31. The van der Waals surface area contributed by atoms with Crippen LogP contribution in [0.5, 0.6) is 0 Å². The third-order valence-corrected chi connectivity index (χ3v) is 3.64. The predicted octanol–water partition coefficient (Wildman–Crippen LogP) is 2.83. The summed E-state index contributed by atoms with van der Waals surface area (Å²) in [6.07, 6.45) is -1.92. The maximum absolute atomic E-state index is 12.1. The first kappa shape index (κ1) is 14.3. The molecule has 0 spiro atoms. The van der Waals surface area contributed by atoms with Crippen LogP contribution < -0.4 is 0 Å². The Morgan fingerprint density at radius 1 is 1.26 bits per heavy atom. The minimum atomic E-state index is -4.33. The molecule has 2 nitrogen and oxygen atoms in total. The van der Waals surface area contributed by atoms with E-state index in [9.17, 15) is 18.3 Å². The van der Waals surface area contributed by atoms with Crippen molar-refractivity contribution >= 4 is 0 Å². The highest BCUT2D eigenvalue weighted by molar-refractivity contribution is 5.37. The van der Waals surface area contributed by atoms with Crippen molar-refractivity contribution in [3.05, 3.63) is 35.4 Å². The molecule has 1 aliphatic carbocycles. The second-order valence-electron chi connectivity index (χ2n) is 5.06. The van der Waals surface area contributed by atoms with E-state index in [-0.39, 0.29) is 13.2 Å². The molecule has 0 aromatic heterocycles. The molecule has 1 N–H and O–H groups in total. The van der Waals surface area contributed by atoms with Crippen LogP contribution in [0.25, 0.3) is 0 Å². The van der Waals surface area contributed by atoms with Crippen LogP contribution in [0.2, 0.25) is 0 Å². The average molecular weight is 274 g/mol. The number of aliphatic hydroxyl groups is 1. The molecule has 1 aliphatic rings. The summed E-state index contributed by atoms with van der Waals surface area (Å²) < 4.78 is 41.2. The van der Waals surface area contributed by atoms with Crippen molar-refractivity contribution in [1.29, 1.82) is 0 Å². The van der Waals surface area contributed by atoms with Gasteiger partial charge in [0, 0.05) is 5.41 Å². The molecule has 0 aliphatic heterocycles. The molecule has 1 unspecified atom stereocenters. The van der Waals surface area contributed by atoms with E-state index in [4.69, 9.17) is 4.74 Å². The van der Waals surface area contributed by atoms with Crippen molar-refractivity contribution in [2.24, 2.45) is 0 Å². The molecule has 0 radical (unpaired) electrons. The fourth-order valence-corrected chi connectivity index (χ4v) is 2.73. The molecule has 5 heteroatoms. The number of rotatable bonds is 4. The van der Waals surface area contributed by atoms with Gasteiger partial charge in [0.25, 0.3) is 0 Å². The van der Waals surface area contributed by atoms with Gasteiger partial charge in [-0.15, -0.1) is 0 Å². The number of halogens is 3. The second-order valence-corrected chi connectivity index (χ2v) is 5.06. The van der Waals surface area contributed by atoms with Gasteiger partial charge < -0.3 is 9.84 Å². The summed E-state index contributed by atoms with van der Waals surface area (Å²) in [6.45, 7) is -1.56. The summed E-state index contributed by atoms with van der Waals surface area (Å²) in [7, 11) is 0. The number of benzene rings is 1. The van der Waals surface area contributed by atoms with E-state index < -0.39 is 18.2 Å². The molecule has 1 aromatic carbocycles. The monoisotopic (exact) mass is 274 g/mol. The second kappa shape index (κ2) is 5.51. The summed E-state index contributed by atoms with van der Waals surface area (Å²) in [5, 5.41) is 9.66. The summed E-state index contributed by atoms with van der Waals surface area (Å²) in [6, 6.07) is 7.59. The van der Waals surface area contributed by atoms with E-state index in [1.165, 1.54) is 0 Å². The fraction of sp³-hybridized carbons (Fsp3) is 0.571. The van der Waals surface area contributed by atoms with Gasteiger partial charge in [-0.1, -0.05) is 24.3 Å². The summed E-state index contributed by atoms with van der Waals surface area (Å²) >= 11 is 0. The lowest BCUT2D eigenvalue weighted by Crippen LogP contribution is -2.40. The molecular formula is C14H17F3O2. The maximum atomic E-state index is 12.1. The zero-order valence-corrected chi connectivity index (χ0v) is 10.5. The van der Waals surface area contributed by atoms with Crippen molar-refractivity contribution < 1.29 is 23.0 Å². The van der Waals surface area contributed by atoms with Crippen LogP contribution >= 0.6 is 0 Å². The summed E-state index contributed by atoms with van der Waals surface area (Å²) in [5.41, 5.74) is 1.32. The van der Waals surface area contributed by atoms with Gasteiger partial charge in [-0.2, -0.15) is 13.2 Å². The third-order valence-electron chi connectivity index (χ3n) is 3.64. The van der Waals surface area contributed by atoms with E-state index in [1.54, 1.807) is 0 Å². The standard InChI is InChI=1S/C14H17F3O2/c15-14(16,17)10-19-9-13(8-18)7-3-5-11-4-1-2-6-12(11)13/h1-2,4,6,18H,3,5,7-10H2. The highest BCUT2D eigenvalue weighted by Crippen LogP contribution is 2.37. The molecule has 19 heavy (non-hydrogen) atoms. The molecule has 0 amide bonds. The maximum Gasteiger partial charge on any atom is 0.411 e. The number of fused-ring (bicyclic) bond motifs is 1. The number of aryl methyl sites for hydroxylation is 1. The predicted molar refractivity (Wildman–Crippen MR) is 65.0 cm³/mol. The molecule has 1 aromatic rings. The zero-order valence-electron chi connectivity index (χ0n) is 10.5. The summed E-state index contributed by atoms with van der Waals surface area (Å²) in [5.74, 6) is 0. The molecule has 0 saturated heterocycles. The van der Waals surface area contributed by atoms with Crippen molar-refractivity contribution in [1.82, 2.24) is 0 Å². The van der Waals surface area contributed by atoms with Gasteiger partial charge in [0.15, 0.2) is 0 Å². The minimum absolute atomic E-state index is 0.0972. The Kier molecular flexibility index (Phi) is 4.16. The van der Waals surface area contributed by atoms with Gasteiger partial charge in [-0.25, -0.2) is 0 Å². The minimum Gasteiger partial charge on any atom is -0.395 e. The largest absolute Gasteiger partial charge is 0.411 e. The molecular weight excluding hydrogens is 257 g/mol. The normalized spacial score (nSPS) is 23.2. The quantitative estimate of drug-likeness (QED) is 0.915. The Bertz CT molecular complexity index is 431. The van der Waals surface area contributed by atoms with Crippen LogP contribution in [0, 0.1) is 0 Å². The lowest BCUT2D eigenvalue weighted by Gasteiger charge is -2.37. The lowest BCUT2D eigenvalue weighted by molar-refractivity contribution is -0.179. The Morgan fingerprint density at radius 2 is 2.00 bits per heavy atom. The fourth-order valence-electron chi connectivity index (χ4n) is 2.73. The number of ether oxygens (including phenoxy) is 1. The Hall–Kier alpha value is -1.07. The van der Waals surface area contributed by atoms with Gasteiger partial charge in [0.05, 0.1) is 13.2 Å². The van der Waals surface area contributed by atoms with Gasteiger partial charge in [0.2, 0.25) is 0 Å². The molecule has 2 rings (SSSR count). The lowest BCUT2D eigenvalue weighted by atomic mass is 9.71. The Balaban J connectivity index is 2.15. The van der Waals surface area contributed by atoms with Crippen molar-refractivity contribution in [3.8, 4) is 0 Å². The first-order valence-corrected chi connectivity index (χ1v) is 6.31. The number of hydrogen-bond donors (Lipinski definition) is 1. The van der Waals surface area contributed by atoms with E-state index in [1.807, 2.05) is 24.3 Å². The van der Waals surface area contributed by atoms with Crippen LogP contribution in [-0.4, -0.2) is 31.1 Å². The van der Waals surface area contributed by atoms with Crippen LogP contribution in [0.1, 0.15) is 24.0 Å². The van der Waals surface area contributed by atoms with Gasteiger partial charge in [0.1, 0.15) is 6.61 Å². The molecule has 1 atom stereocenters. The number of alkyl halides is 3. The van der Waals surface area contributed by atoms with Gasteiger partial charge in [-0.05, 0) is 30.4 Å². The highest BCUT2D eigenvalue weighted by Gasteiger charge is 2.37. The SMILES string of the molecule is OCC1(COCC(F)(F)F)CCCc2ccccc21. The van der Waals surface area contributed by atoms with E-state index in [2.05, 4.69) is 0 Å². The van der Waals surface area contributed by atoms with Crippen molar-refractivity contribution in [3.63, 3.8) is 0 Å². The van der Waals surface area contributed by atoms with Gasteiger partial charge >= 0.3 is 6.18 Å². The van der Waals surface area contributed by atoms with E-state index >= 15 is 0 Å². The first-order chi connectivity index (χ1) is 8.97. The third kappa shape index (κ3) is 3.28. The van der Waals surface area contributed by atoms with E-state index in [0.717, 1.165) is 24.0 Å². The Morgan fingerprint density at radius 3 is 2.68 bits per heavy atom. The van der Waals surface area contributed by atoms with Crippen LogP contribution in [0.3, 0.4) is 0 Å². The number of aliphatic hydroxyl groups excluding tert-OH is 1. The topological polar surface area (TPSA) is 29.5 Å².